The number of carbonyl (C=O) groups is 1. The van der Waals surface area contributed by atoms with Gasteiger partial charge in [0.15, 0.2) is 0 Å². The highest BCUT2D eigenvalue weighted by atomic mass is 16.2. The smallest absolute Gasteiger partial charge is 0.228 e. The molecule has 2 aromatic carbocycles. The number of aryl methyl sites for hydroxylation is 1. The first kappa shape index (κ1) is 13.6. The second-order valence-corrected chi connectivity index (χ2v) is 6.68. The summed E-state index contributed by atoms with van der Waals surface area (Å²) >= 11 is 0. The Hall–Kier alpha value is -2.09. The van der Waals surface area contributed by atoms with Crippen molar-refractivity contribution in [3.05, 3.63) is 71.3 Å². The van der Waals surface area contributed by atoms with Gasteiger partial charge < -0.3 is 4.90 Å². The fraction of sp³-hybridized carbons (Fsp3) is 0.350. The molecule has 0 saturated carbocycles. The van der Waals surface area contributed by atoms with Crippen LogP contribution in [-0.4, -0.2) is 16.3 Å². The quantitative estimate of drug-likeness (QED) is 0.774. The molecule has 1 heterocycles. The standard InChI is InChI=1S/C20H21NO/c1-15-19(22)21(14-16-7-3-2-4-8-16)20(15)12-11-17-9-5-6-10-18(17)13-20/h2-10,15H,11-14H2,1H3. The Kier molecular flexibility index (Phi) is 3.07. The van der Waals surface area contributed by atoms with E-state index in [4.69, 9.17) is 0 Å². The van der Waals surface area contributed by atoms with Crippen LogP contribution in [0.2, 0.25) is 0 Å². The largest absolute Gasteiger partial charge is 0.331 e. The number of benzene rings is 2. The highest BCUT2D eigenvalue weighted by Crippen LogP contribution is 2.47. The minimum Gasteiger partial charge on any atom is -0.331 e. The highest BCUT2D eigenvalue weighted by Gasteiger charge is 2.57. The molecule has 1 spiro atoms. The van der Waals surface area contributed by atoms with Gasteiger partial charge >= 0.3 is 0 Å². The molecule has 2 heteroatoms. The molecule has 2 aromatic rings. The van der Waals surface area contributed by atoms with Gasteiger partial charge in [-0.2, -0.15) is 0 Å². The van der Waals surface area contributed by atoms with E-state index in [0.717, 1.165) is 25.8 Å². The van der Waals surface area contributed by atoms with Crippen molar-refractivity contribution in [2.24, 2.45) is 5.92 Å². The summed E-state index contributed by atoms with van der Waals surface area (Å²) in [6.45, 7) is 2.85. The van der Waals surface area contributed by atoms with Crippen LogP contribution in [0.1, 0.15) is 30.0 Å². The molecule has 0 N–H and O–H groups in total. The minimum absolute atomic E-state index is 0.0290. The van der Waals surface area contributed by atoms with Crippen LogP contribution in [0.3, 0.4) is 0 Å². The molecule has 4 rings (SSSR count). The van der Waals surface area contributed by atoms with Gasteiger partial charge in [0, 0.05) is 6.54 Å². The van der Waals surface area contributed by atoms with Crippen LogP contribution in [0.5, 0.6) is 0 Å². The molecule has 0 aromatic heterocycles. The molecule has 1 fully saturated rings. The molecule has 1 amide bonds. The van der Waals surface area contributed by atoms with E-state index in [-0.39, 0.29) is 11.5 Å². The van der Waals surface area contributed by atoms with Crippen molar-refractivity contribution >= 4 is 5.91 Å². The number of hydrogen-bond donors (Lipinski definition) is 0. The fourth-order valence-corrected chi connectivity index (χ4v) is 4.20. The van der Waals surface area contributed by atoms with E-state index in [1.807, 2.05) is 18.2 Å². The molecule has 1 saturated heterocycles. The molecule has 2 unspecified atom stereocenters. The summed E-state index contributed by atoms with van der Waals surface area (Å²) in [4.78, 5) is 14.6. The van der Waals surface area contributed by atoms with Gasteiger partial charge in [0.2, 0.25) is 5.91 Å². The highest BCUT2D eigenvalue weighted by molar-refractivity contribution is 5.88. The second-order valence-electron chi connectivity index (χ2n) is 6.68. The second kappa shape index (κ2) is 4.98. The van der Waals surface area contributed by atoms with Crippen molar-refractivity contribution in [3.63, 3.8) is 0 Å². The molecule has 1 aliphatic heterocycles. The number of β-lactam (4-membered cyclic amide) rings is 1. The van der Waals surface area contributed by atoms with Gasteiger partial charge in [0.05, 0.1) is 11.5 Å². The SMILES string of the molecule is CC1C(=O)N(Cc2ccccc2)C12CCc1ccccc1C2. The number of likely N-dealkylation sites (tertiary alicyclic amines) is 1. The Morgan fingerprint density at radius 2 is 1.73 bits per heavy atom. The average molecular weight is 291 g/mol. The van der Waals surface area contributed by atoms with Gasteiger partial charge in [-0.05, 0) is 36.0 Å². The lowest BCUT2D eigenvalue weighted by Gasteiger charge is -2.59. The Balaban J connectivity index is 1.64. The summed E-state index contributed by atoms with van der Waals surface area (Å²) in [6, 6.07) is 19.0. The van der Waals surface area contributed by atoms with Crippen molar-refractivity contribution < 1.29 is 4.79 Å². The van der Waals surface area contributed by atoms with Crippen LogP contribution in [-0.2, 0) is 24.2 Å². The molecule has 1 aliphatic carbocycles. The topological polar surface area (TPSA) is 20.3 Å². The van der Waals surface area contributed by atoms with Crippen molar-refractivity contribution in [1.29, 1.82) is 0 Å². The molecule has 2 nitrogen and oxygen atoms in total. The van der Waals surface area contributed by atoms with Gasteiger partial charge in [-0.25, -0.2) is 0 Å². The third-order valence-corrected chi connectivity index (χ3v) is 5.61. The molecule has 2 aliphatic rings. The first-order valence-electron chi connectivity index (χ1n) is 8.13. The van der Waals surface area contributed by atoms with Gasteiger partial charge in [0.1, 0.15) is 0 Å². The number of rotatable bonds is 2. The maximum atomic E-state index is 12.5. The van der Waals surface area contributed by atoms with E-state index in [9.17, 15) is 4.79 Å². The van der Waals surface area contributed by atoms with Crippen molar-refractivity contribution in [1.82, 2.24) is 4.90 Å². The summed E-state index contributed by atoms with van der Waals surface area (Å²) < 4.78 is 0. The third kappa shape index (κ3) is 1.90. The summed E-state index contributed by atoms with van der Waals surface area (Å²) in [7, 11) is 0. The van der Waals surface area contributed by atoms with Crippen molar-refractivity contribution in [3.8, 4) is 0 Å². The molecule has 22 heavy (non-hydrogen) atoms. The minimum atomic E-state index is 0.0290. The number of hydrogen-bond acceptors (Lipinski definition) is 1. The zero-order valence-electron chi connectivity index (χ0n) is 13.0. The molecule has 0 radical (unpaired) electrons. The van der Waals surface area contributed by atoms with Crippen molar-refractivity contribution in [2.75, 3.05) is 0 Å². The lowest BCUT2D eigenvalue weighted by atomic mass is 9.64. The molecular formula is C20H21NO. The van der Waals surface area contributed by atoms with Crippen LogP contribution in [0.25, 0.3) is 0 Å². The zero-order chi connectivity index (χ0) is 15.2. The van der Waals surface area contributed by atoms with Crippen LogP contribution < -0.4 is 0 Å². The molecule has 0 bridgehead atoms. The predicted molar refractivity (Wildman–Crippen MR) is 87.4 cm³/mol. The zero-order valence-corrected chi connectivity index (χ0v) is 13.0. The van der Waals surface area contributed by atoms with E-state index in [0.29, 0.717) is 5.91 Å². The van der Waals surface area contributed by atoms with Gasteiger partial charge in [-0.1, -0.05) is 61.5 Å². The first-order chi connectivity index (χ1) is 10.7. The lowest BCUT2D eigenvalue weighted by Crippen LogP contribution is -2.71. The maximum Gasteiger partial charge on any atom is 0.228 e. The number of fused-ring (bicyclic) bond motifs is 1. The summed E-state index contributed by atoms with van der Waals surface area (Å²) in [5, 5.41) is 0. The summed E-state index contributed by atoms with van der Waals surface area (Å²) in [5.74, 6) is 0.452. The number of carbonyl (C=O) groups excluding carboxylic acids is 1. The number of amides is 1. The average Bonchev–Trinajstić information content (AvgIpc) is 2.59. The molecule has 2 atom stereocenters. The first-order valence-corrected chi connectivity index (χ1v) is 8.13. The van der Waals surface area contributed by atoms with Crippen LogP contribution in [0, 0.1) is 5.92 Å². The van der Waals surface area contributed by atoms with Gasteiger partial charge in [-0.3, -0.25) is 4.79 Å². The Labute approximate surface area is 131 Å². The monoisotopic (exact) mass is 291 g/mol. The van der Waals surface area contributed by atoms with E-state index in [1.165, 1.54) is 16.7 Å². The third-order valence-electron chi connectivity index (χ3n) is 5.61. The number of nitrogens with zero attached hydrogens (tertiary/aromatic N) is 1. The Morgan fingerprint density at radius 3 is 2.50 bits per heavy atom. The lowest BCUT2D eigenvalue weighted by molar-refractivity contribution is -0.173. The fourth-order valence-electron chi connectivity index (χ4n) is 4.20. The normalized spacial score (nSPS) is 26.7. The predicted octanol–water partition coefficient (Wildman–Crippen LogP) is 3.59. The van der Waals surface area contributed by atoms with E-state index in [1.54, 1.807) is 0 Å². The van der Waals surface area contributed by atoms with Crippen molar-refractivity contribution in [2.45, 2.75) is 38.3 Å². The van der Waals surface area contributed by atoms with E-state index in [2.05, 4.69) is 48.2 Å². The van der Waals surface area contributed by atoms with Gasteiger partial charge in [0.25, 0.3) is 0 Å². The van der Waals surface area contributed by atoms with Crippen LogP contribution in [0.15, 0.2) is 54.6 Å². The summed E-state index contributed by atoms with van der Waals surface area (Å²) in [5.41, 5.74) is 4.13. The Morgan fingerprint density at radius 1 is 1.05 bits per heavy atom. The van der Waals surface area contributed by atoms with E-state index < -0.39 is 0 Å². The summed E-state index contributed by atoms with van der Waals surface area (Å²) in [6.07, 6.45) is 3.17. The molecular weight excluding hydrogens is 270 g/mol. The van der Waals surface area contributed by atoms with Gasteiger partial charge in [-0.15, -0.1) is 0 Å². The maximum absolute atomic E-state index is 12.5. The van der Waals surface area contributed by atoms with Crippen LogP contribution in [0.4, 0.5) is 0 Å². The molecule has 112 valence electrons. The van der Waals surface area contributed by atoms with Crippen LogP contribution >= 0.6 is 0 Å². The van der Waals surface area contributed by atoms with E-state index >= 15 is 0 Å². The Bertz CT molecular complexity index is 709.